The molecule has 0 atom stereocenters. The van der Waals surface area contributed by atoms with Crippen LogP contribution in [0.25, 0.3) is 0 Å². The van der Waals surface area contributed by atoms with Gasteiger partial charge in [-0.2, -0.15) is 26.3 Å². The van der Waals surface area contributed by atoms with Crippen LogP contribution < -0.4 is 14.2 Å². The first kappa shape index (κ1) is 41.6. The predicted molar refractivity (Wildman–Crippen MR) is 171 cm³/mol. The van der Waals surface area contributed by atoms with Gasteiger partial charge in [-0.15, -0.1) is 0 Å². The molecule has 2 aromatic carbocycles. The summed E-state index contributed by atoms with van der Waals surface area (Å²) < 4.78 is 116. The molecule has 0 unspecified atom stereocenters. The van der Waals surface area contributed by atoms with E-state index in [-0.39, 0.29) is 44.5 Å². The molecular weight excluding hydrogens is 706 g/mol. The summed E-state index contributed by atoms with van der Waals surface area (Å²) >= 11 is 0. The fourth-order valence-corrected chi connectivity index (χ4v) is 5.15. The Bertz CT molecular complexity index is 1540. The number of benzene rings is 2. The van der Waals surface area contributed by atoms with E-state index in [1.54, 1.807) is 0 Å². The highest BCUT2D eigenvalue weighted by Crippen LogP contribution is 2.47. The van der Waals surface area contributed by atoms with Crippen LogP contribution in [0.5, 0.6) is 17.2 Å². The van der Waals surface area contributed by atoms with E-state index in [4.69, 9.17) is 28.4 Å². The van der Waals surface area contributed by atoms with Crippen molar-refractivity contribution in [3.63, 3.8) is 0 Å². The number of unbranched alkanes of at least 4 members (excludes halogenated alkanes) is 2. The minimum atomic E-state index is -5.70. The third kappa shape index (κ3) is 13.0. The van der Waals surface area contributed by atoms with Crippen molar-refractivity contribution < 1.29 is 73.9 Å². The average molecular weight is 745 g/mol. The quantitative estimate of drug-likeness (QED) is 0.0491. The highest BCUT2D eigenvalue weighted by atomic mass is 19.4. The van der Waals surface area contributed by atoms with E-state index in [9.17, 15) is 45.5 Å². The first-order chi connectivity index (χ1) is 24.6. The van der Waals surface area contributed by atoms with E-state index in [2.05, 4.69) is 13.2 Å². The lowest BCUT2D eigenvalue weighted by Crippen LogP contribution is -2.30. The van der Waals surface area contributed by atoms with Crippen LogP contribution >= 0.6 is 0 Å². The molecule has 0 N–H and O–H groups in total. The highest BCUT2D eigenvalue weighted by molar-refractivity contribution is 5.94. The van der Waals surface area contributed by atoms with Crippen molar-refractivity contribution in [3.05, 3.63) is 78.4 Å². The van der Waals surface area contributed by atoms with Crippen molar-refractivity contribution in [2.75, 3.05) is 26.4 Å². The summed E-state index contributed by atoms with van der Waals surface area (Å²) in [5.74, 6) is -6.24. The Balaban J connectivity index is 1.63. The van der Waals surface area contributed by atoms with Crippen molar-refractivity contribution in [1.29, 1.82) is 0 Å². The number of halogens is 6. The summed E-state index contributed by atoms with van der Waals surface area (Å²) in [6.07, 6.45) is -6.39. The van der Waals surface area contributed by atoms with E-state index in [0.29, 0.717) is 63.0 Å². The SMILES string of the molecule is C=CC(=O)OCCCCOc1ccc(OC(=O)c2ccc(OC(=O)C3CCC(OCCCCOC(=O)C=C)CC3)c(C(F)(F)F)c2C(F)(F)F)cc1. The molecule has 0 heterocycles. The largest absolute Gasteiger partial charge is 0.494 e. The molecule has 2 aromatic rings. The summed E-state index contributed by atoms with van der Waals surface area (Å²) in [6.45, 7) is 7.47. The smallest absolute Gasteiger partial charge is 0.420 e. The van der Waals surface area contributed by atoms with Gasteiger partial charge in [-0.1, -0.05) is 13.2 Å². The zero-order valence-electron chi connectivity index (χ0n) is 28.0. The maximum absolute atomic E-state index is 14.2. The maximum atomic E-state index is 14.2. The van der Waals surface area contributed by atoms with E-state index in [0.717, 1.165) is 12.2 Å². The van der Waals surface area contributed by atoms with Gasteiger partial charge in [0.25, 0.3) is 0 Å². The molecule has 3 rings (SSSR count). The van der Waals surface area contributed by atoms with E-state index < -0.39 is 64.6 Å². The Kier molecular flexibility index (Phi) is 15.7. The van der Waals surface area contributed by atoms with Gasteiger partial charge in [-0.3, -0.25) is 4.79 Å². The van der Waals surface area contributed by atoms with Crippen LogP contribution in [-0.2, 0) is 40.9 Å². The number of alkyl halides is 6. The molecule has 0 aromatic heterocycles. The Morgan fingerprint density at radius 3 is 1.71 bits per heavy atom. The summed E-state index contributed by atoms with van der Waals surface area (Å²) in [5, 5.41) is 0. The number of rotatable bonds is 18. The minimum Gasteiger partial charge on any atom is -0.494 e. The number of ether oxygens (including phenoxy) is 6. The summed E-state index contributed by atoms with van der Waals surface area (Å²) in [4.78, 5) is 47.8. The summed E-state index contributed by atoms with van der Waals surface area (Å²) in [7, 11) is 0. The number of carbonyl (C=O) groups is 4. The van der Waals surface area contributed by atoms with Gasteiger partial charge in [-0.05, 0) is 87.8 Å². The maximum Gasteiger partial charge on any atom is 0.420 e. The Morgan fingerprint density at radius 1 is 0.654 bits per heavy atom. The number of esters is 4. The molecule has 1 saturated carbocycles. The topological polar surface area (TPSA) is 124 Å². The van der Waals surface area contributed by atoms with Crippen molar-refractivity contribution in [3.8, 4) is 17.2 Å². The fraction of sp³-hybridized carbons (Fsp3) is 0.444. The van der Waals surface area contributed by atoms with Gasteiger partial charge >= 0.3 is 36.2 Å². The summed E-state index contributed by atoms with van der Waals surface area (Å²) in [5.41, 5.74) is -6.12. The van der Waals surface area contributed by atoms with Crippen LogP contribution in [0.15, 0.2) is 61.7 Å². The minimum absolute atomic E-state index is 0.154. The second-order valence-electron chi connectivity index (χ2n) is 11.5. The lowest BCUT2D eigenvalue weighted by atomic mass is 9.87. The van der Waals surface area contributed by atoms with Crippen LogP contribution in [0.1, 0.15) is 72.9 Å². The highest BCUT2D eigenvalue weighted by Gasteiger charge is 2.49. The molecule has 16 heteroatoms. The van der Waals surface area contributed by atoms with Gasteiger partial charge < -0.3 is 28.4 Å². The van der Waals surface area contributed by atoms with Crippen molar-refractivity contribution >= 4 is 23.9 Å². The number of hydrogen-bond donors (Lipinski definition) is 0. The molecule has 1 fully saturated rings. The Labute approximate surface area is 295 Å². The van der Waals surface area contributed by atoms with Crippen LogP contribution in [0.4, 0.5) is 26.3 Å². The Morgan fingerprint density at radius 2 is 1.17 bits per heavy atom. The fourth-order valence-electron chi connectivity index (χ4n) is 5.15. The number of hydrogen-bond acceptors (Lipinski definition) is 10. The zero-order valence-corrected chi connectivity index (χ0v) is 28.0. The van der Waals surface area contributed by atoms with E-state index in [1.807, 2.05) is 0 Å². The zero-order chi connectivity index (χ0) is 38.3. The molecule has 10 nitrogen and oxygen atoms in total. The first-order valence-corrected chi connectivity index (χ1v) is 16.3. The number of carbonyl (C=O) groups excluding carboxylic acids is 4. The monoisotopic (exact) mass is 744 g/mol. The molecule has 0 spiro atoms. The molecule has 0 saturated heterocycles. The predicted octanol–water partition coefficient (Wildman–Crippen LogP) is 7.82. The van der Waals surface area contributed by atoms with Crippen molar-refractivity contribution in [1.82, 2.24) is 0 Å². The second-order valence-corrected chi connectivity index (χ2v) is 11.5. The van der Waals surface area contributed by atoms with E-state index in [1.165, 1.54) is 24.3 Å². The van der Waals surface area contributed by atoms with Crippen LogP contribution in [-0.4, -0.2) is 56.4 Å². The first-order valence-electron chi connectivity index (χ1n) is 16.3. The molecule has 52 heavy (non-hydrogen) atoms. The van der Waals surface area contributed by atoms with Crippen molar-refractivity contribution in [2.24, 2.45) is 5.92 Å². The molecular formula is C36H38F6O10. The molecule has 0 aliphatic heterocycles. The van der Waals surface area contributed by atoms with Gasteiger partial charge in [0.05, 0.1) is 43.0 Å². The van der Waals surface area contributed by atoms with Gasteiger partial charge in [0.15, 0.2) is 0 Å². The van der Waals surface area contributed by atoms with Crippen LogP contribution in [0, 0.1) is 5.92 Å². The van der Waals surface area contributed by atoms with Gasteiger partial charge in [0.2, 0.25) is 0 Å². The normalized spacial score (nSPS) is 16.0. The molecule has 284 valence electrons. The van der Waals surface area contributed by atoms with Crippen LogP contribution in [0.2, 0.25) is 0 Å². The lowest BCUT2D eigenvalue weighted by molar-refractivity contribution is -0.164. The molecule has 1 aliphatic carbocycles. The Hall–Kier alpha value is -4.86. The molecule has 0 amide bonds. The van der Waals surface area contributed by atoms with E-state index >= 15 is 0 Å². The second kappa shape index (κ2) is 19.7. The summed E-state index contributed by atoms with van der Waals surface area (Å²) in [6, 6.07) is 5.98. The van der Waals surface area contributed by atoms with Gasteiger partial charge in [0.1, 0.15) is 22.8 Å². The van der Waals surface area contributed by atoms with Gasteiger partial charge in [-0.25, -0.2) is 14.4 Å². The third-order valence-electron chi connectivity index (χ3n) is 7.73. The average Bonchev–Trinajstić information content (AvgIpc) is 3.10. The molecule has 0 bridgehead atoms. The van der Waals surface area contributed by atoms with Crippen LogP contribution in [0.3, 0.4) is 0 Å². The lowest BCUT2D eigenvalue weighted by Gasteiger charge is -2.28. The standard InChI is InChI=1S/C36H38F6O10/c1-3-29(43)49-21-7-5-19-47-24-11-9-23(10-12-24)33(45)52-28-18-17-27(31(35(37,38)39)32(28)36(40,41)42)34(46)51-26-15-13-25(14-16-26)48-20-6-8-22-50-30(44)4-2/h3-4,13-18,23-24H,1-2,5-12,19-22H2. The molecule has 0 radical (unpaired) electrons. The van der Waals surface area contributed by atoms with Gasteiger partial charge in [0, 0.05) is 18.8 Å². The van der Waals surface area contributed by atoms with Crippen molar-refractivity contribution in [2.45, 2.75) is 69.8 Å². The third-order valence-corrected chi connectivity index (χ3v) is 7.73. The molecule has 1 aliphatic rings.